The Morgan fingerprint density at radius 1 is 1.08 bits per heavy atom. The van der Waals surface area contributed by atoms with E-state index in [0.717, 1.165) is 29.8 Å². The van der Waals surface area contributed by atoms with Gasteiger partial charge in [0.05, 0.1) is 0 Å². The van der Waals surface area contributed by atoms with E-state index in [1.807, 2.05) is 48.2 Å². The van der Waals surface area contributed by atoms with Crippen LogP contribution in [-0.2, 0) is 10.2 Å². The molecule has 0 atom stereocenters. The molecular formula is C22H23NO. The van der Waals surface area contributed by atoms with Gasteiger partial charge in [0, 0.05) is 29.8 Å². The quantitative estimate of drug-likeness (QED) is 0.709. The number of hydrogen-bond donors (Lipinski definition) is 0. The lowest BCUT2D eigenvalue weighted by molar-refractivity contribution is -0.118. The van der Waals surface area contributed by atoms with Crippen molar-refractivity contribution in [3.63, 3.8) is 0 Å². The molecule has 0 saturated carbocycles. The molecule has 24 heavy (non-hydrogen) atoms. The number of fused-ring (bicyclic) bond motifs is 1. The zero-order chi connectivity index (χ0) is 17.2. The first-order chi connectivity index (χ1) is 11.5. The number of hydrogen-bond acceptors (Lipinski definition) is 1. The van der Waals surface area contributed by atoms with Crippen LogP contribution in [0.3, 0.4) is 0 Å². The molecule has 1 amide bonds. The van der Waals surface area contributed by atoms with Crippen molar-refractivity contribution in [2.75, 3.05) is 11.4 Å². The van der Waals surface area contributed by atoms with Crippen LogP contribution in [0, 0.1) is 11.8 Å². The maximum absolute atomic E-state index is 12.2. The summed E-state index contributed by atoms with van der Waals surface area (Å²) in [5.74, 6) is 6.65. The minimum absolute atomic E-state index is 0.0598. The Morgan fingerprint density at radius 3 is 2.50 bits per heavy atom. The molecule has 3 rings (SSSR count). The molecule has 0 fully saturated rings. The van der Waals surface area contributed by atoms with E-state index in [9.17, 15) is 4.79 Å². The molecule has 2 aromatic rings. The molecule has 0 aliphatic carbocycles. The summed E-state index contributed by atoms with van der Waals surface area (Å²) in [6, 6.07) is 16.2. The molecule has 2 nitrogen and oxygen atoms in total. The summed E-state index contributed by atoms with van der Waals surface area (Å²) in [6.07, 6.45) is 1.51. The Hall–Kier alpha value is -2.53. The highest BCUT2D eigenvalue weighted by Gasteiger charge is 2.33. The Bertz CT molecular complexity index is 809. The summed E-state index contributed by atoms with van der Waals surface area (Å²) in [7, 11) is 0. The highest BCUT2D eigenvalue weighted by atomic mass is 16.2. The van der Waals surface area contributed by atoms with Crippen molar-refractivity contribution in [1.82, 2.24) is 0 Å². The predicted octanol–water partition coefficient (Wildman–Crippen LogP) is 4.51. The predicted molar refractivity (Wildman–Crippen MR) is 99.2 cm³/mol. The Morgan fingerprint density at radius 2 is 1.79 bits per heavy atom. The summed E-state index contributed by atoms with van der Waals surface area (Å²) in [4.78, 5) is 14.2. The molecule has 1 aliphatic rings. The van der Waals surface area contributed by atoms with E-state index in [1.165, 1.54) is 5.56 Å². The first-order valence-electron chi connectivity index (χ1n) is 8.53. The molecule has 0 radical (unpaired) electrons. The topological polar surface area (TPSA) is 20.3 Å². The van der Waals surface area contributed by atoms with Gasteiger partial charge in [-0.25, -0.2) is 0 Å². The van der Waals surface area contributed by atoms with Crippen molar-refractivity contribution >= 4 is 11.6 Å². The second-order valence-corrected chi connectivity index (χ2v) is 6.88. The van der Waals surface area contributed by atoms with E-state index in [2.05, 4.69) is 37.8 Å². The Balaban J connectivity index is 1.99. The maximum Gasteiger partial charge on any atom is 0.226 e. The fourth-order valence-corrected chi connectivity index (χ4v) is 3.15. The van der Waals surface area contributed by atoms with Crippen LogP contribution in [0.1, 0.15) is 50.3 Å². The average molecular weight is 317 g/mol. The molecule has 2 aromatic carbocycles. The molecular weight excluding hydrogens is 294 g/mol. The van der Waals surface area contributed by atoms with Gasteiger partial charge in [0.1, 0.15) is 0 Å². The first kappa shape index (κ1) is 16.3. The number of amides is 1. The van der Waals surface area contributed by atoms with Gasteiger partial charge < -0.3 is 4.90 Å². The van der Waals surface area contributed by atoms with Gasteiger partial charge in [-0.1, -0.05) is 50.8 Å². The van der Waals surface area contributed by atoms with Gasteiger partial charge >= 0.3 is 0 Å². The minimum Gasteiger partial charge on any atom is -0.312 e. The van der Waals surface area contributed by atoms with Crippen molar-refractivity contribution in [1.29, 1.82) is 0 Å². The van der Waals surface area contributed by atoms with Gasteiger partial charge in [-0.2, -0.15) is 0 Å². The molecule has 122 valence electrons. The SMILES string of the molecule is CCC(=O)N1CCC(C)(C)c2cc(C#Cc3ccccc3)ccc21. The van der Waals surface area contributed by atoms with Gasteiger partial charge in [-0.15, -0.1) is 0 Å². The molecule has 1 aliphatic heterocycles. The van der Waals surface area contributed by atoms with Crippen molar-refractivity contribution in [2.24, 2.45) is 0 Å². The lowest BCUT2D eigenvalue weighted by Crippen LogP contribution is -2.40. The largest absolute Gasteiger partial charge is 0.312 e. The highest BCUT2D eigenvalue weighted by molar-refractivity contribution is 5.94. The van der Waals surface area contributed by atoms with Gasteiger partial charge in [0.25, 0.3) is 0 Å². The van der Waals surface area contributed by atoms with E-state index in [4.69, 9.17) is 0 Å². The van der Waals surface area contributed by atoms with Crippen LogP contribution in [0.5, 0.6) is 0 Å². The standard InChI is InChI=1S/C22H23NO/c1-4-21(24)23-15-14-22(2,3)19-16-18(12-13-20(19)23)11-10-17-8-6-5-7-9-17/h5-9,12-13,16H,4,14-15H2,1-3H3. The number of carbonyl (C=O) groups excluding carboxylic acids is 1. The van der Waals surface area contributed by atoms with Crippen LogP contribution in [-0.4, -0.2) is 12.5 Å². The van der Waals surface area contributed by atoms with Gasteiger partial charge in [0.2, 0.25) is 5.91 Å². The number of anilines is 1. The minimum atomic E-state index is 0.0598. The highest BCUT2D eigenvalue weighted by Crippen LogP contribution is 2.40. The van der Waals surface area contributed by atoms with Crippen LogP contribution in [0.4, 0.5) is 5.69 Å². The smallest absolute Gasteiger partial charge is 0.226 e. The summed E-state index contributed by atoms with van der Waals surface area (Å²) in [5, 5.41) is 0. The van der Waals surface area contributed by atoms with Crippen molar-refractivity contribution in [3.05, 3.63) is 65.2 Å². The fraction of sp³-hybridized carbons (Fsp3) is 0.318. The fourth-order valence-electron chi connectivity index (χ4n) is 3.15. The summed E-state index contributed by atoms with van der Waals surface area (Å²) >= 11 is 0. The molecule has 2 heteroatoms. The third-order valence-corrected chi connectivity index (χ3v) is 4.71. The maximum atomic E-state index is 12.2. The molecule has 0 bridgehead atoms. The summed E-state index contributed by atoms with van der Waals surface area (Å²) < 4.78 is 0. The number of carbonyl (C=O) groups is 1. The normalized spacial score (nSPS) is 15.2. The molecule has 0 N–H and O–H groups in total. The molecule has 0 aromatic heterocycles. The summed E-state index contributed by atoms with van der Waals surface area (Å²) in [6.45, 7) is 7.20. The molecule has 0 saturated heterocycles. The van der Waals surface area contributed by atoms with Crippen molar-refractivity contribution in [2.45, 2.75) is 39.0 Å². The van der Waals surface area contributed by atoms with Crippen LogP contribution in [0.2, 0.25) is 0 Å². The van der Waals surface area contributed by atoms with E-state index in [-0.39, 0.29) is 11.3 Å². The average Bonchev–Trinajstić information content (AvgIpc) is 2.60. The Labute approximate surface area is 144 Å². The molecule has 1 heterocycles. The molecule has 0 unspecified atom stereocenters. The van der Waals surface area contributed by atoms with E-state index < -0.39 is 0 Å². The number of nitrogens with zero attached hydrogens (tertiary/aromatic N) is 1. The monoisotopic (exact) mass is 317 g/mol. The second kappa shape index (κ2) is 6.53. The zero-order valence-corrected chi connectivity index (χ0v) is 14.6. The third-order valence-electron chi connectivity index (χ3n) is 4.71. The van der Waals surface area contributed by atoms with Gasteiger partial charge in [0.15, 0.2) is 0 Å². The van der Waals surface area contributed by atoms with Crippen LogP contribution >= 0.6 is 0 Å². The zero-order valence-electron chi connectivity index (χ0n) is 14.6. The van der Waals surface area contributed by atoms with E-state index >= 15 is 0 Å². The van der Waals surface area contributed by atoms with Gasteiger partial charge in [-0.3, -0.25) is 4.79 Å². The number of benzene rings is 2. The third kappa shape index (κ3) is 3.21. The van der Waals surface area contributed by atoms with Crippen molar-refractivity contribution in [3.8, 4) is 11.8 Å². The Kier molecular flexibility index (Phi) is 4.44. The lowest BCUT2D eigenvalue weighted by Gasteiger charge is -2.39. The second-order valence-electron chi connectivity index (χ2n) is 6.88. The van der Waals surface area contributed by atoms with Crippen LogP contribution in [0.15, 0.2) is 48.5 Å². The van der Waals surface area contributed by atoms with E-state index in [1.54, 1.807) is 0 Å². The molecule has 0 spiro atoms. The van der Waals surface area contributed by atoms with Gasteiger partial charge in [-0.05, 0) is 47.7 Å². The van der Waals surface area contributed by atoms with E-state index in [0.29, 0.717) is 6.42 Å². The van der Waals surface area contributed by atoms with Crippen LogP contribution in [0.25, 0.3) is 0 Å². The van der Waals surface area contributed by atoms with Crippen LogP contribution < -0.4 is 4.90 Å². The summed E-state index contributed by atoms with van der Waals surface area (Å²) in [5.41, 5.74) is 4.33. The lowest BCUT2D eigenvalue weighted by atomic mass is 9.77. The first-order valence-corrected chi connectivity index (χ1v) is 8.53. The van der Waals surface area contributed by atoms with Crippen molar-refractivity contribution < 1.29 is 4.79 Å². The number of rotatable bonds is 1.